The van der Waals surface area contributed by atoms with Gasteiger partial charge in [-0.1, -0.05) is 6.07 Å². The quantitative estimate of drug-likeness (QED) is 0.901. The molecule has 104 valence electrons. The summed E-state index contributed by atoms with van der Waals surface area (Å²) < 4.78 is 0. The molecule has 1 unspecified atom stereocenters. The fourth-order valence-electron chi connectivity index (χ4n) is 2.60. The van der Waals surface area contributed by atoms with Gasteiger partial charge in [-0.15, -0.1) is 0 Å². The van der Waals surface area contributed by atoms with Crippen molar-refractivity contribution in [3.8, 4) is 0 Å². The van der Waals surface area contributed by atoms with Gasteiger partial charge in [0.15, 0.2) is 0 Å². The van der Waals surface area contributed by atoms with Gasteiger partial charge in [0.2, 0.25) is 5.91 Å². The second kappa shape index (κ2) is 6.15. The predicted octanol–water partition coefficient (Wildman–Crippen LogP) is 1.96. The second-order valence-electron chi connectivity index (χ2n) is 5.36. The van der Waals surface area contributed by atoms with Crippen LogP contribution in [0.2, 0.25) is 0 Å². The lowest BCUT2D eigenvalue weighted by Gasteiger charge is -2.37. The number of aromatic nitrogens is 1. The minimum atomic E-state index is -0.400. The van der Waals surface area contributed by atoms with E-state index in [1.807, 2.05) is 36.9 Å². The summed E-state index contributed by atoms with van der Waals surface area (Å²) in [5.41, 5.74) is 0.542. The zero-order valence-corrected chi connectivity index (χ0v) is 11.9. The lowest BCUT2D eigenvalue weighted by atomic mass is 9.89. The van der Waals surface area contributed by atoms with Crippen molar-refractivity contribution < 1.29 is 4.79 Å². The SMILES string of the molecule is CCN(Cc1ccccn1)C(=O)C1(C)CCCCN1. The maximum Gasteiger partial charge on any atom is 0.242 e. The molecule has 4 heteroatoms. The third-order valence-corrected chi connectivity index (χ3v) is 3.84. The van der Waals surface area contributed by atoms with E-state index in [-0.39, 0.29) is 5.91 Å². The van der Waals surface area contributed by atoms with Gasteiger partial charge < -0.3 is 10.2 Å². The van der Waals surface area contributed by atoms with Crippen molar-refractivity contribution in [1.29, 1.82) is 0 Å². The maximum absolute atomic E-state index is 12.7. The molecule has 1 aliphatic rings. The van der Waals surface area contributed by atoms with Gasteiger partial charge in [0.05, 0.1) is 17.8 Å². The van der Waals surface area contributed by atoms with Crippen LogP contribution in [0, 0.1) is 0 Å². The van der Waals surface area contributed by atoms with Crippen LogP contribution in [0.1, 0.15) is 38.8 Å². The summed E-state index contributed by atoms with van der Waals surface area (Å²) in [5.74, 6) is 0.195. The summed E-state index contributed by atoms with van der Waals surface area (Å²) in [6, 6.07) is 5.82. The van der Waals surface area contributed by atoms with Gasteiger partial charge >= 0.3 is 0 Å². The Morgan fingerprint density at radius 1 is 1.47 bits per heavy atom. The molecule has 1 N–H and O–H groups in total. The summed E-state index contributed by atoms with van der Waals surface area (Å²) in [4.78, 5) is 18.9. The fourth-order valence-corrected chi connectivity index (χ4v) is 2.60. The van der Waals surface area contributed by atoms with Crippen LogP contribution < -0.4 is 5.32 Å². The molecule has 1 fully saturated rings. The Balaban J connectivity index is 2.06. The Hall–Kier alpha value is -1.42. The molecule has 0 aliphatic carbocycles. The summed E-state index contributed by atoms with van der Waals surface area (Å²) in [6.45, 7) is 6.28. The highest BCUT2D eigenvalue weighted by molar-refractivity contribution is 5.86. The average molecular weight is 261 g/mol. The number of likely N-dealkylation sites (N-methyl/N-ethyl adjacent to an activating group) is 1. The number of hydrogen-bond acceptors (Lipinski definition) is 3. The van der Waals surface area contributed by atoms with E-state index >= 15 is 0 Å². The Labute approximate surface area is 115 Å². The molecule has 1 aromatic heterocycles. The standard InChI is InChI=1S/C15H23N3O/c1-3-18(12-13-8-4-6-10-16-13)14(19)15(2)9-5-7-11-17-15/h4,6,8,10,17H,3,5,7,9,11-12H2,1-2H3. The zero-order valence-electron chi connectivity index (χ0n) is 11.9. The topological polar surface area (TPSA) is 45.2 Å². The fraction of sp³-hybridized carbons (Fsp3) is 0.600. The van der Waals surface area contributed by atoms with Crippen molar-refractivity contribution in [2.24, 2.45) is 0 Å². The van der Waals surface area contributed by atoms with E-state index in [9.17, 15) is 4.79 Å². The van der Waals surface area contributed by atoms with Gasteiger partial charge in [0.1, 0.15) is 0 Å². The van der Waals surface area contributed by atoms with Crippen LogP contribution in [0.4, 0.5) is 0 Å². The Morgan fingerprint density at radius 3 is 2.89 bits per heavy atom. The van der Waals surface area contributed by atoms with Gasteiger partial charge in [-0.05, 0) is 51.8 Å². The maximum atomic E-state index is 12.7. The molecule has 2 rings (SSSR count). The van der Waals surface area contributed by atoms with Crippen molar-refractivity contribution >= 4 is 5.91 Å². The van der Waals surface area contributed by atoms with Gasteiger partial charge in [-0.25, -0.2) is 0 Å². The first-order valence-electron chi connectivity index (χ1n) is 7.10. The first-order chi connectivity index (χ1) is 9.15. The molecular formula is C15H23N3O. The zero-order chi connectivity index (χ0) is 13.7. The number of nitrogens with one attached hydrogen (secondary N) is 1. The minimum Gasteiger partial charge on any atom is -0.335 e. The normalized spacial score (nSPS) is 23.1. The predicted molar refractivity (Wildman–Crippen MR) is 75.6 cm³/mol. The van der Waals surface area contributed by atoms with Gasteiger partial charge in [0, 0.05) is 12.7 Å². The molecule has 1 amide bonds. The number of carbonyl (C=O) groups is 1. The highest BCUT2D eigenvalue weighted by Crippen LogP contribution is 2.22. The number of rotatable bonds is 4. The van der Waals surface area contributed by atoms with E-state index < -0.39 is 5.54 Å². The van der Waals surface area contributed by atoms with E-state index in [1.165, 1.54) is 0 Å². The van der Waals surface area contributed by atoms with E-state index in [2.05, 4.69) is 10.3 Å². The van der Waals surface area contributed by atoms with Crippen molar-refractivity contribution in [2.75, 3.05) is 13.1 Å². The van der Waals surface area contributed by atoms with Crippen LogP contribution in [-0.4, -0.2) is 34.4 Å². The number of amides is 1. The first-order valence-corrected chi connectivity index (χ1v) is 7.10. The summed E-state index contributed by atoms with van der Waals surface area (Å²) in [7, 11) is 0. The molecule has 2 heterocycles. The van der Waals surface area contributed by atoms with Gasteiger partial charge in [-0.2, -0.15) is 0 Å². The van der Waals surface area contributed by atoms with Crippen molar-refractivity contribution in [2.45, 2.75) is 45.2 Å². The Bertz CT molecular complexity index is 413. The largest absolute Gasteiger partial charge is 0.335 e. The molecule has 0 spiro atoms. The second-order valence-corrected chi connectivity index (χ2v) is 5.36. The number of piperidine rings is 1. The monoisotopic (exact) mass is 261 g/mol. The molecule has 1 atom stereocenters. The molecule has 1 aromatic rings. The van der Waals surface area contributed by atoms with Crippen molar-refractivity contribution in [1.82, 2.24) is 15.2 Å². The molecule has 1 aliphatic heterocycles. The Morgan fingerprint density at radius 2 is 2.32 bits per heavy atom. The Kier molecular flexibility index (Phi) is 4.53. The van der Waals surface area contributed by atoms with E-state index in [4.69, 9.17) is 0 Å². The molecule has 0 saturated carbocycles. The summed E-state index contributed by atoms with van der Waals surface area (Å²) in [5, 5.41) is 3.38. The first kappa shape index (κ1) is 14.0. The molecule has 0 aromatic carbocycles. The third-order valence-electron chi connectivity index (χ3n) is 3.84. The highest BCUT2D eigenvalue weighted by atomic mass is 16.2. The lowest BCUT2D eigenvalue weighted by molar-refractivity contribution is -0.139. The molecule has 0 bridgehead atoms. The van der Waals surface area contributed by atoms with Crippen LogP contribution in [0.15, 0.2) is 24.4 Å². The smallest absolute Gasteiger partial charge is 0.242 e. The van der Waals surface area contributed by atoms with Gasteiger partial charge in [-0.3, -0.25) is 9.78 Å². The van der Waals surface area contributed by atoms with Crippen LogP contribution in [0.25, 0.3) is 0 Å². The third kappa shape index (κ3) is 3.32. The molecule has 4 nitrogen and oxygen atoms in total. The van der Waals surface area contributed by atoms with Crippen LogP contribution in [0.3, 0.4) is 0 Å². The highest BCUT2D eigenvalue weighted by Gasteiger charge is 2.37. The van der Waals surface area contributed by atoms with Crippen molar-refractivity contribution in [3.05, 3.63) is 30.1 Å². The number of nitrogens with zero attached hydrogens (tertiary/aromatic N) is 2. The number of hydrogen-bond donors (Lipinski definition) is 1. The van der Waals surface area contributed by atoms with Crippen LogP contribution >= 0.6 is 0 Å². The minimum absolute atomic E-state index is 0.195. The van der Waals surface area contributed by atoms with E-state index in [0.717, 1.165) is 31.5 Å². The van der Waals surface area contributed by atoms with Crippen LogP contribution in [0.5, 0.6) is 0 Å². The average Bonchev–Trinajstić information content (AvgIpc) is 2.46. The molecular weight excluding hydrogens is 238 g/mol. The van der Waals surface area contributed by atoms with E-state index in [1.54, 1.807) is 6.20 Å². The van der Waals surface area contributed by atoms with Gasteiger partial charge in [0.25, 0.3) is 0 Å². The molecule has 0 radical (unpaired) electrons. The van der Waals surface area contributed by atoms with E-state index in [0.29, 0.717) is 13.1 Å². The van der Waals surface area contributed by atoms with Crippen LogP contribution in [-0.2, 0) is 11.3 Å². The number of pyridine rings is 1. The molecule has 19 heavy (non-hydrogen) atoms. The number of carbonyl (C=O) groups excluding carboxylic acids is 1. The molecule has 1 saturated heterocycles. The lowest BCUT2D eigenvalue weighted by Crippen LogP contribution is -2.57. The summed E-state index contributed by atoms with van der Waals surface area (Å²) in [6.07, 6.45) is 4.98. The van der Waals surface area contributed by atoms with Crippen molar-refractivity contribution in [3.63, 3.8) is 0 Å². The summed E-state index contributed by atoms with van der Waals surface area (Å²) >= 11 is 0.